The Morgan fingerprint density at radius 1 is 1.73 bits per heavy atom. The van der Waals surface area contributed by atoms with Gasteiger partial charge in [-0.25, -0.2) is 0 Å². The fourth-order valence-electron chi connectivity index (χ4n) is 1.16. The van der Waals surface area contributed by atoms with Crippen LogP contribution in [-0.4, -0.2) is 31.0 Å². The van der Waals surface area contributed by atoms with Gasteiger partial charge in [-0.05, 0) is 13.0 Å². The highest BCUT2D eigenvalue weighted by Crippen LogP contribution is 2.06. The fraction of sp³-hybridized carbons (Fsp3) is 0.500. The van der Waals surface area contributed by atoms with Gasteiger partial charge in [-0.3, -0.25) is 4.79 Å². The van der Waals surface area contributed by atoms with E-state index in [1.165, 1.54) is 6.26 Å². The highest BCUT2D eigenvalue weighted by molar-refractivity contribution is 9.09. The lowest BCUT2D eigenvalue weighted by Crippen LogP contribution is -2.39. The van der Waals surface area contributed by atoms with Crippen molar-refractivity contribution in [1.29, 1.82) is 0 Å². The number of halogens is 1. The monoisotopic (exact) mass is 275 g/mol. The molecule has 84 valence electrons. The van der Waals surface area contributed by atoms with Gasteiger partial charge in [0.1, 0.15) is 12.0 Å². The minimum atomic E-state index is -0.145. The van der Waals surface area contributed by atoms with Crippen molar-refractivity contribution in [3.8, 4) is 0 Å². The first-order valence-corrected chi connectivity index (χ1v) is 5.70. The van der Waals surface area contributed by atoms with Crippen molar-refractivity contribution in [2.45, 2.75) is 13.0 Å². The molecule has 1 atom stereocenters. The Kier molecular flexibility index (Phi) is 4.84. The topological polar surface area (TPSA) is 51.5 Å². The molecule has 0 aliphatic heterocycles. The minimum Gasteiger partial charge on any atom is -0.469 e. The van der Waals surface area contributed by atoms with Crippen LogP contribution in [0.1, 0.15) is 16.1 Å². The van der Waals surface area contributed by atoms with Crippen molar-refractivity contribution in [2.24, 2.45) is 0 Å². The molecule has 0 aliphatic carbocycles. The molecule has 0 saturated carbocycles. The minimum absolute atomic E-state index is 0.0299. The van der Waals surface area contributed by atoms with E-state index < -0.39 is 0 Å². The summed E-state index contributed by atoms with van der Waals surface area (Å²) in [6, 6.07) is 1.67. The summed E-state index contributed by atoms with van der Waals surface area (Å²) in [5, 5.41) is 3.48. The lowest BCUT2D eigenvalue weighted by molar-refractivity contribution is 0.0907. The van der Waals surface area contributed by atoms with Crippen LogP contribution in [0.2, 0.25) is 0 Å². The summed E-state index contributed by atoms with van der Waals surface area (Å²) in [5.41, 5.74) is 0.537. The highest BCUT2D eigenvalue weighted by Gasteiger charge is 2.13. The summed E-state index contributed by atoms with van der Waals surface area (Å²) in [7, 11) is 1.60. The molecule has 1 aromatic rings. The molecule has 0 spiro atoms. The van der Waals surface area contributed by atoms with Crippen LogP contribution in [0, 0.1) is 6.92 Å². The van der Waals surface area contributed by atoms with E-state index in [4.69, 9.17) is 9.15 Å². The number of rotatable bonds is 5. The molecule has 0 bridgehead atoms. The van der Waals surface area contributed by atoms with Crippen molar-refractivity contribution in [3.63, 3.8) is 0 Å². The van der Waals surface area contributed by atoms with E-state index in [9.17, 15) is 4.79 Å². The lowest BCUT2D eigenvalue weighted by atomic mass is 10.2. The second kappa shape index (κ2) is 5.92. The SMILES string of the molecule is COCC(CBr)NC(=O)c1coc(C)c1. The van der Waals surface area contributed by atoms with E-state index in [0.717, 1.165) is 5.76 Å². The van der Waals surface area contributed by atoms with E-state index in [1.54, 1.807) is 20.1 Å². The zero-order valence-electron chi connectivity index (χ0n) is 8.75. The standard InChI is InChI=1S/C10H14BrNO3/c1-7-3-8(5-15-7)10(13)12-9(4-11)6-14-2/h3,5,9H,4,6H2,1-2H3,(H,12,13). The number of methoxy groups -OCH3 is 1. The quantitative estimate of drug-likeness (QED) is 0.833. The normalized spacial score (nSPS) is 12.5. The maximum absolute atomic E-state index is 11.7. The van der Waals surface area contributed by atoms with Crippen LogP contribution in [0.15, 0.2) is 16.7 Å². The van der Waals surface area contributed by atoms with Gasteiger partial charge in [0.2, 0.25) is 0 Å². The number of ether oxygens (including phenoxy) is 1. The summed E-state index contributed by atoms with van der Waals surface area (Å²) in [6.07, 6.45) is 1.45. The summed E-state index contributed by atoms with van der Waals surface area (Å²) in [5.74, 6) is 0.579. The van der Waals surface area contributed by atoms with E-state index in [-0.39, 0.29) is 11.9 Å². The average Bonchev–Trinajstić information content (AvgIpc) is 2.64. The first-order chi connectivity index (χ1) is 7.17. The first-order valence-electron chi connectivity index (χ1n) is 4.58. The van der Waals surface area contributed by atoms with Crippen LogP contribution in [-0.2, 0) is 4.74 Å². The van der Waals surface area contributed by atoms with Crippen LogP contribution in [0.5, 0.6) is 0 Å². The van der Waals surface area contributed by atoms with Crippen LogP contribution < -0.4 is 5.32 Å². The van der Waals surface area contributed by atoms with Gasteiger partial charge in [0.25, 0.3) is 5.91 Å². The molecule has 5 heteroatoms. The molecular weight excluding hydrogens is 262 g/mol. The van der Waals surface area contributed by atoms with Gasteiger partial charge in [-0.15, -0.1) is 0 Å². The molecule has 4 nitrogen and oxygen atoms in total. The van der Waals surface area contributed by atoms with Gasteiger partial charge < -0.3 is 14.5 Å². The highest BCUT2D eigenvalue weighted by atomic mass is 79.9. The van der Waals surface area contributed by atoms with Crippen LogP contribution in [0.25, 0.3) is 0 Å². The second-order valence-corrected chi connectivity index (χ2v) is 3.87. The van der Waals surface area contributed by atoms with Gasteiger partial charge in [-0.2, -0.15) is 0 Å². The largest absolute Gasteiger partial charge is 0.469 e. The predicted molar refractivity (Wildman–Crippen MR) is 60.4 cm³/mol. The maximum atomic E-state index is 11.7. The third-order valence-electron chi connectivity index (χ3n) is 1.88. The Balaban J connectivity index is 2.54. The number of aryl methyl sites for hydroxylation is 1. The number of hydrogen-bond acceptors (Lipinski definition) is 3. The Morgan fingerprint density at radius 2 is 2.47 bits per heavy atom. The third kappa shape index (κ3) is 3.68. The summed E-state index contributed by atoms with van der Waals surface area (Å²) in [4.78, 5) is 11.7. The van der Waals surface area contributed by atoms with E-state index in [0.29, 0.717) is 17.5 Å². The second-order valence-electron chi connectivity index (χ2n) is 3.23. The van der Waals surface area contributed by atoms with E-state index in [2.05, 4.69) is 21.2 Å². The van der Waals surface area contributed by atoms with Crippen molar-refractivity contribution in [2.75, 3.05) is 19.0 Å². The Morgan fingerprint density at radius 3 is 2.93 bits per heavy atom. The van der Waals surface area contributed by atoms with Crippen LogP contribution in [0.4, 0.5) is 0 Å². The third-order valence-corrected chi connectivity index (χ3v) is 2.66. The lowest BCUT2D eigenvalue weighted by Gasteiger charge is -2.14. The molecule has 1 heterocycles. The molecule has 0 fully saturated rings. The molecule has 1 unspecified atom stereocenters. The number of hydrogen-bond donors (Lipinski definition) is 1. The molecule has 1 amide bonds. The molecule has 15 heavy (non-hydrogen) atoms. The molecule has 0 aromatic carbocycles. The molecule has 0 radical (unpaired) electrons. The Labute approximate surface area is 97.1 Å². The first kappa shape index (κ1) is 12.3. The number of amides is 1. The number of nitrogens with one attached hydrogen (secondary N) is 1. The Bertz CT molecular complexity index is 324. The van der Waals surface area contributed by atoms with Crippen LogP contribution in [0.3, 0.4) is 0 Å². The maximum Gasteiger partial charge on any atom is 0.254 e. The molecular formula is C10H14BrNO3. The van der Waals surface area contributed by atoms with E-state index in [1.807, 2.05) is 0 Å². The summed E-state index contributed by atoms with van der Waals surface area (Å²) < 4.78 is 10.0. The number of furan rings is 1. The number of carbonyl (C=O) groups excluding carboxylic acids is 1. The molecule has 1 N–H and O–H groups in total. The fourth-order valence-corrected chi connectivity index (χ4v) is 1.51. The number of carbonyl (C=O) groups is 1. The van der Waals surface area contributed by atoms with Crippen molar-refractivity contribution in [3.05, 3.63) is 23.7 Å². The smallest absolute Gasteiger partial charge is 0.254 e. The van der Waals surface area contributed by atoms with Crippen molar-refractivity contribution >= 4 is 21.8 Å². The van der Waals surface area contributed by atoms with Gasteiger partial charge in [0.05, 0.1) is 18.2 Å². The predicted octanol–water partition coefficient (Wildman–Crippen LogP) is 1.73. The van der Waals surface area contributed by atoms with Gasteiger partial charge >= 0.3 is 0 Å². The van der Waals surface area contributed by atoms with Gasteiger partial charge in [0.15, 0.2) is 0 Å². The van der Waals surface area contributed by atoms with Crippen molar-refractivity contribution in [1.82, 2.24) is 5.32 Å². The molecule has 0 aliphatic rings. The van der Waals surface area contributed by atoms with Gasteiger partial charge in [-0.1, -0.05) is 15.9 Å². The van der Waals surface area contributed by atoms with Crippen molar-refractivity contribution < 1.29 is 13.9 Å². The molecule has 1 aromatic heterocycles. The number of alkyl halides is 1. The molecule has 1 rings (SSSR count). The van der Waals surface area contributed by atoms with Gasteiger partial charge in [0, 0.05) is 12.4 Å². The average molecular weight is 276 g/mol. The van der Waals surface area contributed by atoms with Crippen LogP contribution >= 0.6 is 15.9 Å². The zero-order valence-corrected chi connectivity index (χ0v) is 10.3. The zero-order chi connectivity index (χ0) is 11.3. The summed E-state index contributed by atoms with van der Waals surface area (Å²) in [6.45, 7) is 2.28. The summed E-state index contributed by atoms with van der Waals surface area (Å²) >= 11 is 3.30. The molecule has 0 saturated heterocycles. The Hall–Kier alpha value is -0.810. The van der Waals surface area contributed by atoms with E-state index >= 15 is 0 Å².